The van der Waals surface area contributed by atoms with Crippen LogP contribution in [-0.4, -0.2) is 43.5 Å². The van der Waals surface area contributed by atoms with E-state index in [2.05, 4.69) is 27.2 Å². The van der Waals surface area contributed by atoms with Gasteiger partial charge in [0.25, 0.3) is 5.91 Å². The fourth-order valence-corrected chi connectivity index (χ4v) is 2.16. The number of guanidine groups is 1. The van der Waals surface area contributed by atoms with Crippen molar-refractivity contribution in [2.45, 2.75) is 20.4 Å². The lowest BCUT2D eigenvalue weighted by Gasteiger charge is -2.11. The molecule has 1 amide bonds. The van der Waals surface area contributed by atoms with Crippen LogP contribution in [0.15, 0.2) is 29.3 Å². The zero-order chi connectivity index (χ0) is 16.2. The van der Waals surface area contributed by atoms with Crippen molar-refractivity contribution in [1.29, 1.82) is 0 Å². The minimum absolute atomic E-state index is 0.0432. The Hall–Kier alpha value is -1.69. The van der Waals surface area contributed by atoms with Crippen LogP contribution in [0.4, 0.5) is 0 Å². The molecule has 0 fully saturated rings. The van der Waals surface area contributed by atoms with E-state index in [1.807, 2.05) is 38.1 Å². The summed E-state index contributed by atoms with van der Waals surface area (Å²) in [7, 11) is 0. The van der Waals surface area contributed by atoms with E-state index < -0.39 is 0 Å². The quantitative estimate of drug-likeness (QED) is 0.388. The maximum atomic E-state index is 11.8. The molecule has 0 saturated heterocycles. The first-order chi connectivity index (χ1) is 10.7. The van der Waals surface area contributed by atoms with Crippen molar-refractivity contribution in [1.82, 2.24) is 16.0 Å². The van der Waals surface area contributed by atoms with Crippen molar-refractivity contribution < 1.29 is 4.79 Å². The second-order valence-corrected chi connectivity index (χ2v) is 5.66. The Morgan fingerprint density at radius 2 is 1.95 bits per heavy atom. The SMILES string of the molecule is CCNC(=O)c1cccc(CN=C(NCC)NCCSC)c1. The summed E-state index contributed by atoms with van der Waals surface area (Å²) in [6, 6.07) is 7.58. The highest BCUT2D eigenvalue weighted by Crippen LogP contribution is 2.06. The topological polar surface area (TPSA) is 65.5 Å². The van der Waals surface area contributed by atoms with E-state index in [0.29, 0.717) is 18.7 Å². The molecule has 0 aliphatic rings. The third-order valence-electron chi connectivity index (χ3n) is 2.89. The molecule has 0 atom stereocenters. The average Bonchev–Trinajstić information content (AvgIpc) is 2.53. The largest absolute Gasteiger partial charge is 0.357 e. The highest BCUT2D eigenvalue weighted by molar-refractivity contribution is 7.98. The number of thioether (sulfide) groups is 1. The maximum Gasteiger partial charge on any atom is 0.251 e. The Labute approximate surface area is 137 Å². The van der Waals surface area contributed by atoms with Crippen LogP contribution in [0.25, 0.3) is 0 Å². The van der Waals surface area contributed by atoms with Gasteiger partial charge in [0.2, 0.25) is 0 Å². The number of aliphatic imine (C=N–C) groups is 1. The standard InChI is InChI=1S/C16H26N4OS/c1-4-17-15(21)14-8-6-7-13(11-14)12-20-16(18-5-2)19-9-10-22-3/h6-8,11H,4-5,9-10,12H2,1-3H3,(H,17,21)(H2,18,19,20). The first kappa shape index (κ1) is 18.4. The molecule has 22 heavy (non-hydrogen) atoms. The molecule has 0 radical (unpaired) electrons. The summed E-state index contributed by atoms with van der Waals surface area (Å²) in [4.78, 5) is 16.4. The van der Waals surface area contributed by atoms with Gasteiger partial charge >= 0.3 is 0 Å². The van der Waals surface area contributed by atoms with Gasteiger partial charge in [-0.1, -0.05) is 12.1 Å². The van der Waals surface area contributed by atoms with Crippen molar-refractivity contribution in [3.05, 3.63) is 35.4 Å². The number of carbonyl (C=O) groups is 1. The van der Waals surface area contributed by atoms with Gasteiger partial charge in [-0.3, -0.25) is 4.79 Å². The molecule has 122 valence electrons. The molecule has 3 N–H and O–H groups in total. The molecule has 6 heteroatoms. The molecule has 1 aromatic carbocycles. The number of hydrogen-bond acceptors (Lipinski definition) is 3. The molecule has 0 aliphatic heterocycles. The summed E-state index contributed by atoms with van der Waals surface area (Å²) in [6.45, 7) is 6.83. The molecule has 0 unspecified atom stereocenters. The molecule has 0 aliphatic carbocycles. The van der Waals surface area contributed by atoms with Gasteiger partial charge in [0.1, 0.15) is 0 Å². The zero-order valence-corrected chi connectivity index (χ0v) is 14.4. The van der Waals surface area contributed by atoms with Crippen molar-refractivity contribution >= 4 is 23.6 Å². The Kier molecular flexibility index (Phi) is 9.14. The molecule has 0 bridgehead atoms. The van der Waals surface area contributed by atoms with Gasteiger partial charge in [-0.25, -0.2) is 4.99 Å². The van der Waals surface area contributed by atoms with E-state index in [1.165, 1.54) is 0 Å². The van der Waals surface area contributed by atoms with E-state index in [4.69, 9.17) is 0 Å². The number of benzene rings is 1. The molecule has 1 aromatic rings. The van der Waals surface area contributed by atoms with Gasteiger partial charge in [-0.2, -0.15) is 11.8 Å². The molecule has 0 heterocycles. The van der Waals surface area contributed by atoms with Gasteiger partial charge in [0, 0.05) is 31.0 Å². The maximum absolute atomic E-state index is 11.8. The fraction of sp³-hybridized carbons (Fsp3) is 0.500. The van der Waals surface area contributed by atoms with Crippen LogP contribution in [0.3, 0.4) is 0 Å². The number of rotatable bonds is 8. The summed E-state index contributed by atoms with van der Waals surface area (Å²) in [5.41, 5.74) is 1.70. The zero-order valence-electron chi connectivity index (χ0n) is 13.6. The molecular weight excluding hydrogens is 296 g/mol. The van der Waals surface area contributed by atoms with Gasteiger partial charge in [-0.15, -0.1) is 0 Å². The van der Waals surface area contributed by atoms with Crippen molar-refractivity contribution in [2.75, 3.05) is 31.6 Å². The predicted octanol–water partition coefficient (Wildman–Crippen LogP) is 1.85. The molecular formula is C16H26N4OS. The molecule has 0 aromatic heterocycles. The first-order valence-electron chi connectivity index (χ1n) is 7.59. The summed E-state index contributed by atoms with van der Waals surface area (Å²) < 4.78 is 0. The second-order valence-electron chi connectivity index (χ2n) is 4.67. The van der Waals surface area contributed by atoms with Crippen molar-refractivity contribution in [3.63, 3.8) is 0 Å². The number of amides is 1. The molecule has 0 spiro atoms. The fourth-order valence-electron chi connectivity index (χ4n) is 1.86. The van der Waals surface area contributed by atoms with Crippen LogP contribution >= 0.6 is 11.8 Å². The Morgan fingerprint density at radius 3 is 2.64 bits per heavy atom. The van der Waals surface area contributed by atoms with Crippen LogP contribution in [0, 0.1) is 0 Å². The summed E-state index contributed by atoms with van der Waals surface area (Å²) in [5.74, 6) is 1.80. The number of carbonyl (C=O) groups excluding carboxylic acids is 1. The van der Waals surface area contributed by atoms with Crippen LogP contribution < -0.4 is 16.0 Å². The summed E-state index contributed by atoms with van der Waals surface area (Å²) in [5, 5.41) is 9.31. The number of nitrogens with one attached hydrogen (secondary N) is 3. The highest BCUT2D eigenvalue weighted by Gasteiger charge is 2.04. The van der Waals surface area contributed by atoms with Crippen molar-refractivity contribution in [3.8, 4) is 0 Å². The van der Waals surface area contributed by atoms with Crippen LogP contribution in [0.2, 0.25) is 0 Å². The number of nitrogens with zero attached hydrogens (tertiary/aromatic N) is 1. The van der Waals surface area contributed by atoms with Gasteiger partial charge in [0.05, 0.1) is 6.54 Å². The summed E-state index contributed by atoms with van der Waals surface area (Å²) >= 11 is 1.80. The third kappa shape index (κ3) is 6.85. The average molecular weight is 322 g/mol. The van der Waals surface area contributed by atoms with E-state index >= 15 is 0 Å². The smallest absolute Gasteiger partial charge is 0.251 e. The lowest BCUT2D eigenvalue weighted by Crippen LogP contribution is -2.38. The van der Waals surface area contributed by atoms with Crippen LogP contribution in [-0.2, 0) is 6.54 Å². The molecule has 1 rings (SSSR count). The number of hydrogen-bond donors (Lipinski definition) is 3. The van der Waals surface area contributed by atoms with E-state index in [9.17, 15) is 4.79 Å². The van der Waals surface area contributed by atoms with E-state index in [0.717, 1.165) is 30.4 Å². The van der Waals surface area contributed by atoms with E-state index in [1.54, 1.807) is 11.8 Å². The Bertz CT molecular complexity index is 491. The third-order valence-corrected chi connectivity index (χ3v) is 3.50. The van der Waals surface area contributed by atoms with Crippen molar-refractivity contribution in [2.24, 2.45) is 4.99 Å². The predicted molar refractivity (Wildman–Crippen MR) is 95.6 cm³/mol. The summed E-state index contributed by atoms with van der Waals surface area (Å²) in [6.07, 6.45) is 2.08. The highest BCUT2D eigenvalue weighted by atomic mass is 32.2. The lowest BCUT2D eigenvalue weighted by molar-refractivity contribution is 0.0955. The molecule has 5 nitrogen and oxygen atoms in total. The Morgan fingerprint density at radius 1 is 1.18 bits per heavy atom. The lowest BCUT2D eigenvalue weighted by atomic mass is 10.1. The van der Waals surface area contributed by atoms with E-state index in [-0.39, 0.29) is 5.91 Å². The van der Waals surface area contributed by atoms with Gasteiger partial charge in [0.15, 0.2) is 5.96 Å². The molecule has 0 saturated carbocycles. The minimum Gasteiger partial charge on any atom is -0.357 e. The van der Waals surface area contributed by atoms with Crippen LogP contribution in [0.5, 0.6) is 0 Å². The Balaban J connectivity index is 2.68. The first-order valence-corrected chi connectivity index (χ1v) is 8.98. The van der Waals surface area contributed by atoms with Crippen LogP contribution in [0.1, 0.15) is 29.8 Å². The van der Waals surface area contributed by atoms with Gasteiger partial charge in [-0.05, 0) is 37.8 Å². The minimum atomic E-state index is -0.0432. The second kappa shape index (κ2) is 11.0. The van der Waals surface area contributed by atoms with Gasteiger partial charge < -0.3 is 16.0 Å². The normalized spacial score (nSPS) is 11.1. The monoisotopic (exact) mass is 322 g/mol.